The highest BCUT2D eigenvalue weighted by Crippen LogP contribution is 2.61. The van der Waals surface area contributed by atoms with Gasteiger partial charge >= 0.3 is 6.80 Å². The summed E-state index contributed by atoms with van der Waals surface area (Å²) in [5.74, 6) is 0.898. The molecule has 0 aliphatic heterocycles. The lowest BCUT2D eigenvalue weighted by Crippen LogP contribution is -1.96. The molecule has 18 heavy (non-hydrogen) atoms. The SMILES string of the molecule is O=P(Oc1ccccc1)(Oc1ccccc1)SCl. The third-order valence-corrected chi connectivity index (χ3v) is 5.52. The van der Waals surface area contributed by atoms with E-state index in [9.17, 15) is 4.57 Å². The Bertz CT molecular complexity index is 490. The van der Waals surface area contributed by atoms with Gasteiger partial charge in [-0.2, -0.15) is 0 Å². The van der Waals surface area contributed by atoms with Gasteiger partial charge in [-0.15, -0.1) is 0 Å². The second kappa shape index (κ2) is 6.19. The molecule has 2 aromatic rings. The van der Waals surface area contributed by atoms with Crippen molar-refractivity contribution in [3.8, 4) is 11.5 Å². The summed E-state index contributed by atoms with van der Waals surface area (Å²) in [5, 5.41) is 0. The fourth-order valence-corrected chi connectivity index (χ4v) is 3.31. The van der Waals surface area contributed by atoms with E-state index >= 15 is 0 Å². The lowest BCUT2D eigenvalue weighted by molar-refractivity contribution is 0.408. The zero-order valence-corrected chi connectivity index (χ0v) is 11.7. The molecule has 6 heteroatoms. The van der Waals surface area contributed by atoms with Crippen LogP contribution in [0.5, 0.6) is 11.5 Å². The van der Waals surface area contributed by atoms with E-state index in [4.69, 9.17) is 19.7 Å². The van der Waals surface area contributed by atoms with Crippen LogP contribution in [0.1, 0.15) is 0 Å². The average molecular weight is 301 g/mol. The molecule has 0 unspecified atom stereocenters. The van der Waals surface area contributed by atoms with E-state index in [-0.39, 0.29) is 0 Å². The molecule has 3 nitrogen and oxygen atoms in total. The predicted octanol–water partition coefficient (Wildman–Crippen LogP) is 5.14. The number of halogens is 1. The van der Waals surface area contributed by atoms with Crippen LogP contribution in [0.15, 0.2) is 60.7 Å². The summed E-state index contributed by atoms with van der Waals surface area (Å²) in [6.07, 6.45) is 0. The van der Waals surface area contributed by atoms with Crippen molar-refractivity contribution in [3.05, 3.63) is 60.7 Å². The summed E-state index contributed by atoms with van der Waals surface area (Å²) in [6, 6.07) is 17.5. The van der Waals surface area contributed by atoms with Crippen molar-refractivity contribution in [1.82, 2.24) is 0 Å². The van der Waals surface area contributed by atoms with Gasteiger partial charge in [0.1, 0.15) is 11.5 Å². The van der Waals surface area contributed by atoms with Gasteiger partial charge in [0.2, 0.25) is 0 Å². The van der Waals surface area contributed by atoms with E-state index in [1.165, 1.54) is 0 Å². The van der Waals surface area contributed by atoms with E-state index < -0.39 is 6.80 Å². The van der Waals surface area contributed by atoms with Gasteiger partial charge in [0, 0.05) is 0 Å². The summed E-state index contributed by atoms with van der Waals surface area (Å²) in [5.41, 5.74) is 0. The molecular weight excluding hydrogens is 291 g/mol. The highest BCUT2D eigenvalue weighted by molar-refractivity contribution is 8.66. The largest absolute Gasteiger partial charge is 0.508 e. The lowest BCUT2D eigenvalue weighted by atomic mass is 10.3. The molecule has 0 fully saturated rings. The van der Waals surface area contributed by atoms with E-state index in [0.717, 1.165) is 0 Å². The van der Waals surface area contributed by atoms with Crippen molar-refractivity contribution in [2.24, 2.45) is 0 Å². The minimum absolute atomic E-state index is 0.449. The number of hydrogen-bond donors (Lipinski definition) is 0. The maximum Gasteiger partial charge on any atom is 0.508 e. The second-order valence-electron chi connectivity index (χ2n) is 3.32. The van der Waals surface area contributed by atoms with Gasteiger partial charge in [-0.3, -0.25) is 0 Å². The quantitative estimate of drug-likeness (QED) is 0.716. The van der Waals surface area contributed by atoms with Crippen molar-refractivity contribution in [2.75, 3.05) is 0 Å². The molecule has 0 saturated heterocycles. The zero-order chi connectivity index (χ0) is 12.8. The van der Waals surface area contributed by atoms with Crippen molar-refractivity contribution in [2.45, 2.75) is 0 Å². The van der Waals surface area contributed by atoms with Crippen LogP contribution in [0.4, 0.5) is 0 Å². The maximum absolute atomic E-state index is 12.3. The monoisotopic (exact) mass is 300 g/mol. The highest BCUT2D eigenvalue weighted by Gasteiger charge is 2.29. The Morgan fingerprint density at radius 3 is 1.56 bits per heavy atom. The first-order chi connectivity index (χ1) is 8.72. The highest BCUT2D eigenvalue weighted by atomic mass is 35.7. The Labute approximate surface area is 114 Å². The fraction of sp³-hybridized carbons (Fsp3) is 0. The van der Waals surface area contributed by atoms with Crippen LogP contribution in [0, 0.1) is 0 Å². The standard InChI is InChI=1S/C12H10ClO3PS/c13-18-17(14,15-11-7-3-1-4-8-11)16-12-9-5-2-6-10-12/h1-10H. The third kappa shape index (κ3) is 3.70. The summed E-state index contributed by atoms with van der Waals surface area (Å²) in [7, 11) is 6.16. The Balaban J connectivity index is 2.14. The summed E-state index contributed by atoms with van der Waals surface area (Å²) in [4.78, 5) is 0. The molecule has 0 aromatic heterocycles. The van der Waals surface area contributed by atoms with Gasteiger partial charge in [-0.25, -0.2) is 4.57 Å². The number of rotatable bonds is 5. The molecule has 0 bridgehead atoms. The van der Waals surface area contributed by atoms with E-state index in [2.05, 4.69) is 0 Å². The molecule has 0 amide bonds. The molecule has 0 radical (unpaired) electrons. The summed E-state index contributed by atoms with van der Waals surface area (Å²) in [6.45, 7) is -3.46. The summed E-state index contributed by atoms with van der Waals surface area (Å²) >= 11 is 0. The predicted molar refractivity (Wildman–Crippen MR) is 75.2 cm³/mol. The molecule has 0 N–H and O–H groups in total. The van der Waals surface area contributed by atoms with Crippen LogP contribution in [0.3, 0.4) is 0 Å². The molecule has 0 spiro atoms. The third-order valence-electron chi connectivity index (χ3n) is 2.01. The van der Waals surface area contributed by atoms with Crippen LogP contribution in [0.25, 0.3) is 0 Å². The summed E-state index contributed by atoms with van der Waals surface area (Å²) < 4.78 is 22.9. The topological polar surface area (TPSA) is 35.5 Å². The Kier molecular flexibility index (Phi) is 4.59. The van der Waals surface area contributed by atoms with Crippen molar-refractivity contribution in [1.29, 1.82) is 0 Å². The van der Waals surface area contributed by atoms with Crippen LogP contribution in [-0.4, -0.2) is 0 Å². The van der Waals surface area contributed by atoms with Crippen LogP contribution < -0.4 is 9.05 Å². The van der Waals surface area contributed by atoms with Crippen molar-refractivity contribution in [3.63, 3.8) is 0 Å². The van der Waals surface area contributed by atoms with Crippen LogP contribution in [-0.2, 0) is 4.57 Å². The fourth-order valence-electron chi connectivity index (χ4n) is 1.27. The van der Waals surface area contributed by atoms with Gasteiger partial charge in [0.15, 0.2) is 0 Å². The first kappa shape index (κ1) is 13.3. The maximum atomic E-state index is 12.3. The lowest BCUT2D eigenvalue weighted by Gasteiger charge is -2.16. The number of para-hydroxylation sites is 2. The molecule has 0 aliphatic carbocycles. The second-order valence-corrected chi connectivity index (χ2v) is 7.72. The van der Waals surface area contributed by atoms with Crippen molar-refractivity contribution < 1.29 is 13.6 Å². The smallest absolute Gasteiger partial charge is 0.408 e. The van der Waals surface area contributed by atoms with Gasteiger partial charge in [0.05, 0.1) is 10.6 Å². The van der Waals surface area contributed by atoms with Crippen LogP contribution >= 0.6 is 28.1 Å². The van der Waals surface area contributed by atoms with Gasteiger partial charge in [0.25, 0.3) is 0 Å². The Morgan fingerprint density at radius 1 is 0.833 bits per heavy atom. The Hall–Kier alpha value is -1.09. The average Bonchev–Trinajstić information content (AvgIpc) is 2.41. The van der Waals surface area contributed by atoms with Gasteiger partial charge in [-0.05, 0) is 34.9 Å². The van der Waals surface area contributed by atoms with Crippen LogP contribution in [0.2, 0.25) is 0 Å². The molecule has 0 aliphatic rings. The molecule has 2 rings (SSSR count). The van der Waals surface area contributed by atoms with E-state index in [1.54, 1.807) is 48.5 Å². The number of hydrogen-bond acceptors (Lipinski definition) is 4. The Morgan fingerprint density at radius 2 is 1.22 bits per heavy atom. The molecule has 0 heterocycles. The normalized spacial score (nSPS) is 10.9. The molecule has 0 atom stereocenters. The van der Waals surface area contributed by atoms with E-state index in [1.807, 2.05) is 12.1 Å². The van der Waals surface area contributed by atoms with Gasteiger partial charge in [-0.1, -0.05) is 36.4 Å². The minimum atomic E-state index is -3.46. The minimum Gasteiger partial charge on any atom is -0.408 e. The first-order valence-electron chi connectivity index (χ1n) is 5.11. The van der Waals surface area contributed by atoms with E-state index in [0.29, 0.717) is 22.1 Å². The molecule has 2 aromatic carbocycles. The van der Waals surface area contributed by atoms with Crippen molar-refractivity contribution >= 4 is 28.1 Å². The molecule has 94 valence electrons. The van der Waals surface area contributed by atoms with Gasteiger partial charge < -0.3 is 9.05 Å². The zero-order valence-electron chi connectivity index (χ0n) is 9.23. The molecule has 0 saturated carbocycles. The number of benzene rings is 2. The molecular formula is C12H10ClO3PS. The first-order valence-corrected chi connectivity index (χ1v) is 8.90.